The Bertz CT molecular complexity index is 1050. The van der Waals surface area contributed by atoms with E-state index >= 15 is 0 Å². The lowest BCUT2D eigenvalue weighted by Gasteiger charge is -2.19. The van der Waals surface area contributed by atoms with Crippen LogP contribution in [0.1, 0.15) is 18.4 Å². The van der Waals surface area contributed by atoms with Gasteiger partial charge in [0.25, 0.3) is 0 Å². The number of nitrogens with zero attached hydrogens (tertiary/aromatic N) is 3. The number of benzene rings is 2. The summed E-state index contributed by atoms with van der Waals surface area (Å²) >= 11 is 0. The molecule has 0 atom stereocenters. The third kappa shape index (κ3) is 4.85. The van der Waals surface area contributed by atoms with Gasteiger partial charge in [0.15, 0.2) is 0 Å². The van der Waals surface area contributed by atoms with Gasteiger partial charge < -0.3 is 20.3 Å². The van der Waals surface area contributed by atoms with E-state index in [1.54, 1.807) is 41.1 Å². The van der Waals surface area contributed by atoms with Gasteiger partial charge in [0.2, 0.25) is 5.91 Å². The molecule has 1 fully saturated rings. The summed E-state index contributed by atoms with van der Waals surface area (Å²) in [6.07, 6.45) is 5.75. The zero-order valence-electron chi connectivity index (χ0n) is 17.4. The molecule has 2 N–H and O–H groups in total. The average Bonchev–Trinajstić information content (AvgIpc) is 3.46. The molecular formula is C23H25N5O3. The van der Waals surface area contributed by atoms with E-state index in [0.29, 0.717) is 37.4 Å². The van der Waals surface area contributed by atoms with E-state index in [0.717, 1.165) is 23.4 Å². The van der Waals surface area contributed by atoms with Gasteiger partial charge in [0.05, 0.1) is 18.5 Å². The molecule has 0 spiro atoms. The minimum Gasteiger partial charge on any atom is -0.494 e. The molecular weight excluding hydrogens is 394 g/mol. The number of rotatable bonds is 7. The molecule has 8 nitrogen and oxygen atoms in total. The number of nitrogens with one attached hydrogen (secondary N) is 2. The number of hydrogen-bond donors (Lipinski definition) is 2. The van der Waals surface area contributed by atoms with E-state index in [-0.39, 0.29) is 11.9 Å². The maximum atomic E-state index is 12.3. The second kappa shape index (κ2) is 9.34. The zero-order chi connectivity index (χ0) is 21.6. The fraction of sp³-hybridized carbons (Fsp3) is 0.261. The molecule has 0 unspecified atom stereocenters. The predicted molar refractivity (Wildman–Crippen MR) is 119 cm³/mol. The van der Waals surface area contributed by atoms with E-state index in [1.807, 2.05) is 36.5 Å². The highest BCUT2D eigenvalue weighted by Gasteiger charge is 2.24. The number of urea groups is 1. The van der Waals surface area contributed by atoms with Gasteiger partial charge in [-0.3, -0.25) is 4.79 Å². The molecule has 1 aromatic heterocycles. The first-order valence-corrected chi connectivity index (χ1v) is 10.3. The number of ether oxygens (including phenoxy) is 1. The van der Waals surface area contributed by atoms with Crippen LogP contribution < -0.4 is 20.3 Å². The van der Waals surface area contributed by atoms with Gasteiger partial charge in [-0.1, -0.05) is 12.1 Å². The van der Waals surface area contributed by atoms with Crippen molar-refractivity contribution < 1.29 is 14.3 Å². The molecule has 0 aliphatic carbocycles. The summed E-state index contributed by atoms with van der Waals surface area (Å²) in [5, 5.41) is 9.89. The van der Waals surface area contributed by atoms with Crippen LogP contribution in [0.2, 0.25) is 0 Å². The third-order valence-electron chi connectivity index (χ3n) is 5.21. The molecule has 0 saturated carbocycles. The third-order valence-corrected chi connectivity index (χ3v) is 5.21. The van der Waals surface area contributed by atoms with Crippen molar-refractivity contribution in [1.82, 2.24) is 15.1 Å². The monoisotopic (exact) mass is 419 g/mol. The maximum absolute atomic E-state index is 12.3. The van der Waals surface area contributed by atoms with Crippen LogP contribution in [0.25, 0.3) is 5.69 Å². The predicted octanol–water partition coefficient (Wildman–Crippen LogP) is 3.37. The zero-order valence-corrected chi connectivity index (χ0v) is 17.4. The average molecular weight is 419 g/mol. The van der Waals surface area contributed by atoms with Gasteiger partial charge in [0, 0.05) is 43.7 Å². The Labute approximate surface area is 180 Å². The molecule has 2 aromatic carbocycles. The van der Waals surface area contributed by atoms with Crippen LogP contribution in [-0.2, 0) is 11.2 Å². The molecule has 3 amide bonds. The lowest BCUT2D eigenvalue weighted by molar-refractivity contribution is -0.117. The molecule has 0 bridgehead atoms. The number of methoxy groups -OCH3 is 1. The standard InChI is InChI=1S/C23H25N5O3/c1-31-21-16-18(7-10-20(21)27-14-2-4-22(27)29)26-23(30)24-13-11-17-5-8-19(9-6-17)28-15-3-12-25-28/h3,5-10,12,15-16H,2,4,11,13-14H2,1H3,(H2,24,26,30). The Kier molecular flexibility index (Phi) is 6.16. The molecule has 1 saturated heterocycles. The quantitative estimate of drug-likeness (QED) is 0.615. The number of hydrogen-bond acceptors (Lipinski definition) is 4. The summed E-state index contributed by atoms with van der Waals surface area (Å²) in [6.45, 7) is 1.19. The first-order valence-electron chi connectivity index (χ1n) is 10.3. The SMILES string of the molecule is COc1cc(NC(=O)NCCc2ccc(-n3cccn3)cc2)ccc1N1CCCC1=O. The van der Waals surface area contributed by atoms with Crippen LogP contribution in [0.3, 0.4) is 0 Å². The summed E-state index contributed by atoms with van der Waals surface area (Å²) in [4.78, 5) is 26.0. The molecule has 31 heavy (non-hydrogen) atoms. The summed E-state index contributed by atoms with van der Waals surface area (Å²) in [6, 6.07) is 15.0. The molecule has 0 radical (unpaired) electrons. The number of carbonyl (C=O) groups excluding carboxylic acids is 2. The van der Waals surface area contributed by atoms with Crippen molar-refractivity contribution in [3.8, 4) is 11.4 Å². The van der Waals surface area contributed by atoms with E-state index in [4.69, 9.17) is 4.74 Å². The van der Waals surface area contributed by atoms with Crippen molar-refractivity contribution in [1.29, 1.82) is 0 Å². The minimum atomic E-state index is -0.291. The van der Waals surface area contributed by atoms with Crippen molar-refractivity contribution in [2.24, 2.45) is 0 Å². The maximum Gasteiger partial charge on any atom is 0.319 e. The number of carbonyl (C=O) groups is 2. The summed E-state index contributed by atoms with van der Waals surface area (Å²) in [5.41, 5.74) is 3.45. The lowest BCUT2D eigenvalue weighted by atomic mass is 10.1. The highest BCUT2D eigenvalue weighted by molar-refractivity contribution is 5.97. The Morgan fingerprint density at radius 2 is 2.03 bits per heavy atom. The van der Waals surface area contributed by atoms with E-state index in [1.165, 1.54) is 0 Å². The van der Waals surface area contributed by atoms with E-state index in [9.17, 15) is 9.59 Å². The largest absolute Gasteiger partial charge is 0.494 e. The van der Waals surface area contributed by atoms with Gasteiger partial charge in [-0.05, 0) is 48.7 Å². The smallest absolute Gasteiger partial charge is 0.319 e. The summed E-state index contributed by atoms with van der Waals surface area (Å²) in [5.74, 6) is 0.653. The van der Waals surface area contributed by atoms with Crippen LogP contribution in [0.15, 0.2) is 60.9 Å². The molecule has 8 heteroatoms. The number of anilines is 2. The van der Waals surface area contributed by atoms with Gasteiger partial charge in [-0.2, -0.15) is 5.10 Å². The number of amides is 3. The minimum absolute atomic E-state index is 0.0920. The van der Waals surface area contributed by atoms with Crippen LogP contribution in [0.5, 0.6) is 5.75 Å². The van der Waals surface area contributed by atoms with E-state index < -0.39 is 0 Å². The van der Waals surface area contributed by atoms with Crippen molar-refractivity contribution >= 4 is 23.3 Å². The van der Waals surface area contributed by atoms with Crippen molar-refractivity contribution in [2.45, 2.75) is 19.3 Å². The van der Waals surface area contributed by atoms with Crippen molar-refractivity contribution in [3.63, 3.8) is 0 Å². The Morgan fingerprint density at radius 1 is 1.19 bits per heavy atom. The molecule has 2 heterocycles. The van der Waals surface area contributed by atoms with Crippen molar-refractivity contribution in [3.05, 3.63) is 66.5 Å². The van der Waals surface area contributed by atoms with Crippen LogP contribution in [0.4, 0.5) is 16.2 Å². The Hall–Kier alpha value is -3.81. The summed E-state index contributed by atoms with van der Waals surface area (Å²) < 4.78 is 7.23. The van der Waals surface area contributed by atoms with Gasteiger partial charge in [0.1, 0.15) is 5.75 Å². The number of aromatic nitrogens is 2. The highest BCUT2D eigenvalue weighted by Crippen LogP contribution is 2.33. The first kappa shape index (κ1) is 20.5. The van der Waals surface area contributed by atoms with Crippen molar-refractivity contribution in [2.75, 3.05) is 30.4 Å². The lowest BCUT2D eigenvalue weighted by Crippen LogP contribution is -2.30. The van der Waals surface area contributed by atoms with E-state index in [2.05, 4.69) is 15.7 Å². The van der Waals surface area contributed by atoms with Crippen LogP contribution in [0, 0.1) is 0 Å². The highest BCUT2D eigenvalue weighted by atomic mass is 16.5. The molecule has 1 aliphatic rings. The van der Waals surface area contributed by atoms with Gasteiger partial charge >= 0.3 is 6.03 Å². The second-order valence-electron chi connectivity index (χ2n) is 7.28. The molecule has 3 aromatic rings. The fourth-order valence-electron chi connectivity index (χ4n) is 3.61. The topological polar surface area (TPSA) is 88.5 Å². The second-order valence-corrected chi connectivity index (χ2v) is 7.28. The summed E-state index contributed by atoms with van der Waals surface area (Å²) in [7, 11) is 1.56. The Balaban J connectivity index is 1.29. The Morgan fingerprint density at radius 3 is 2.71 bits per heavy atom. The normalized spacial score (nSPS) is 13.3. The van der Waals surface area contributed by atoms with Crippen LogP contribution >= 0.6 is 0 Å². The molecule has 160 valence electrons. The first-order chi connectivity index (χ1) is 15.1. The van der Waals surface area contributed by atoms with Crippen LogP contribution in [-0.4, -0.2) is 41.9 Å². The fourth-order valence-corrected chi connectivity index (χ4v) is 3.61. The van der Waals surface area contributed by atoms with Gasteiger partial charge in [-0.25, -0.2) is 9.48 Å². The van der Waals surface area contributed by atoms with Gasteiger partial charge in [-0.15, -0.1) is 0 Å². The molecule has 1 aliphatic heterocycles. The molecule has 4 rings (SSSR count).